The molecule has 1 saturated heterocycles. The van der Waals surface area contributed by atoms with Gasteiger partial charge in [0.25, 0.3) is 5.91 Å². The Morgan fingerprint density at radius 2 is 1.50 bits per heavy atom. The van der Waals surface area contributed by atoms with Gasteiger partial charge in [0, 0.05) is 31.9 Å². The van der Waals surface area contributed by atoms with E-state index >= 15 is 0 Å². The molecule has 160 valence electrons. The monoisotopic (exact) mass is 414 g/mol. The van der Waals surface area contributed by atoms with Crippen LogP contribution in [0.2, 0.25) is 0 Å². The summed E-state index contributed by atoms with van der Waals surface area (Å²) in [6.45, 7) is 2.26. The molecular formula is C22H26N2O6. The van der Waals surface area contributed by atoms with Gasteiger partial charge in [-0.2, -0.15) is 0 Å². The average Bonchev–Trinajstić information content (AvgIpc) is 2.82. The highest BCUT2D eigenvalue weighted by atomic mass is 16.5. The molecule has 1 heterocycles. The maximum atomic E-state index is 12.5. The van der Waals surface area contributed by atoms with Crippen molar-refractivity contribution in [3.63, 3.8) is 0 Å². The Hall–Kier alpha value is -3.42. The fourth-order valence-corrected chi connectivity index (χ4v) is 3.27. The van der Waals surface area contributed by atoms with E-state index in [1.165, 1.54) is 20.3 Å². The van der Waals surface area contributed by atoms with Gasteiger partial charge in [0.2, 0.25) is 0 Å². The Kier molecular flexibility index (Phi) is 7.00. The van der Waals surface area contributed by atoms with Crippen LogP contribution in [0.3, 0.4) is 0 Å². The van der Waals surface area contributed by atoms with Crippen molar-refractivity contribution in [2.75, 3.05) is 59.0 Å². The molecule has 0 aliphatic carbocycles. The van der Waals surface area contributed by atoms with Crippen molar-refractivity contribution in [2.45, 2.75) is 0 Å². The fourth-order valence-electron chi connectivity index (χ4n) is 3.27. The number of methoxy groups -OCH3 is 3. The Balaban J connectivity index is 1.49. The molecule has 0 unspecified atom stereocenters. The quantitative estimate of drug-likeness (QED) is 0.643. The van der Waals surface area contributed by atoms with Gasteiger partial charge in [-0.25, -0.2) is 4.79 Å². The number of hydrogen-bond acceptors (Lipinski definition) is 7. The molecule has 8 heteroatoms. The normalized spacial score (nSPS) is 13.6. The molecule has 0 spiro atoms. The second-order valence-electron chi connectivity index (χ2n) is 6.71. The van der Waals surface area contributed by atoms with Crippen molar-refractivity contribution in [1.82, 2.24) is 4.90 Å². The number of carbonyl (C=O) groups is 2. The van der Waals surface area contributed by atoms with Crippen LogP contribution in [0.25, 0.3) is 0 Å². The highest BCUT2D eigenvalue weighted by Gasteiger charge is 2.23. The largest absolute Gasteiger partial charge is 0.497 e. The van der Waals surface area contributed by atoms with Gasteiger partial charge in [0.1, 0.15) is 5.75 Å². The van der Waals surface area contributed by atoms with Crippen LogP contribution in [0.1, 0.15) is 10.4 Å². The van der Waals surface area contributed by atoms with E-state index < -0.39 is 5.97 Å². The van der Waals surface area contributed by atoms with E-state index in [0.717, 1.165) is 11.4 Å². The third kappa shape index (κ3) is 4.94. The fraction of sp³-hybridized carbons (Fsp3) is 0.364. The van der Waals surface area contributed by atoms with Crippen LogP contribution in [0, 0.1) is 0 Å². The van der Waals surface area contributed by atoms with E-state index in [-0.39, 0.29) is 12.5 Å². The van der Waals surface area contributed by atoms with E-state index in [1.807, 2.05) is 24.3 Å². The molecule has 2 aromatic carbocycles. The number of amides is 1. The number of nitrogens with zero attached hydrogens (tertiary/aromatic N) is 2. The summed E-state index contributed by atoms with van der Waals surface area (Å²) >= 11 is 0. The van der Waals surface area contributed by atoms with Crippen molar-refractivity contribution in [2.24, 2.45) is 0 Å². The molecule has 8 nitrogen and oxygen atoms in total. The summed E-state index contributed by atoms with van der Waals surface area (Å²) in [6.07, 6.45) is 0. The molecule has 1 aliphatic rings. The number of benzene rings is 2. The van der Waals surface area contributed by atoms with E-state index in [4.69, 9.17) is 18.9 Å². The second-order valence-corrected chi connectivity index (χ2v) is 6.71. The first-order valence-corrected chi connectivity index (χ1v) is 9.61. The number of hydrogen-bond donors (Lipinski definition) is 0. The number of ether oxygens (including phenoxy) is 4. The van der Waals surface area contributed by atoms with Gasteiger partial charge in [-0.3, -0.25) is 4.79 Å². The minimum atomic E-state index is -0.582. The summed E-state index contributed by atoms with van der Waals surface area (Å²) in [6, 6.07) is 12.6. The van der Waals surface area contributed by atoms with Gasteiger partial charge in [0.05, 0.1) is 26.9 Å². The summed E-state index contributed by atoms with van der Waals surface area (Å²) in [5.41, 5.74) is 1.38. The number of piperazine rings is 1. The Labute approximate surface area is 175 Å². The molecule has 30 heavy (non-hydrogen) atoms. The Morgan fingerprint density at radius 3 is 2.10 bits per heavy atom. The van der Waals surface area contributed by atoms with E-state index in [9.17, 15) is 9.59 Å². The summed E-state index contributed by atoms with van der Waals surface area (Å²) in [4.78, 5) is 28.7. The van der Waals surface area contributed by atoms with Crippen LogP contribution in [0.5, 0.6) is 17.2 Å². The van der Waals surface area contributed by atoms with E-state index in [2.05, 4.69) is 4.90 Å². The Bertz CT molecular complexity index is 876. The number of anilines is 1. The lowest BCUT2D eigenvalue weighted by molar-refractivity contribution is -0.134. The minimum Gasteiger partial charge on any atom is -0.497 e. The number of esters is 1. The zero-order chi connectivity index (χ0) is 21.5. The highest BCUT2D eigenvalue weighted by molar-refractivity contribution is 5.92. The van der Waals surface area contributed by atoms with Crippen molar-refractivity contribution < 1.29 is 28.5 Å². The third-order valence-electron chi connectivity index (χ3n) is 5.02. The molecule has 1 fully saturated rings. The zero-order valence-electron chi connectivity index (χ0n) is 17.4. The predicted molar refractivity (Wildman–Crippen MR) is 112 cm³/mol. The van der Waals surface area contributed by atoms with Gasteiger partial charge in [0.15, 0.2) is 18.1 Å². The molecule has 1 aliphatic heterocycles. The van der Waals surface area contributed by atoms with Crippen LogP contribution in [-0.2, 0) is 9.53 Å². The van der Waals surface area contributed by atoms with Crippen LogP contribution >= 0.6 is 0 Å². The maximum absolute atomic E-state index is 12.5. The Morgan fingerprint density at radius 1 is 0.833 bits per heavy atom. The van der Waals surface area contributed by atoms with Gasteiger partial charge in [-0.15, -0.1) is 0 Å². The maximum Gasteiger partial charge on any atom is 0.338 e. The lowest BCUT2D eigenvalue weighted by Gasteiger charge is -2.36. The van der Waals surface area contributed by atoms with Crippen LogP contribution in [0.15, 0.2) is 42.5 Å². The highest BCUT2D eigenvalue weighted by Crippen LogP contribution is 2.27. The van der Waals surface area contributed by atoms with Gasteiger partial charge in [-0.1, -0.05) is 0 Å². The SMILES string of the molecule is COc1ccc(N2CCN(C(=O)COC(=O)c3ccc(OC)c(OC)c3)CC2)cc1. The first kappa shape index (κ1) is 21.3. The molecule has 2 aromatic rings. The third-order valence-corrected chi connectivity index (χ3v) is 5.02. The average molecular weight is 414 g/mol. The molecule has 1 amide bonds. The standard InChI is InChI=1S/C22H26N2O6/c1-27-18-7-5-17(6-8-18)23-10-12-24(13-11-23)21(25)15-30-22(26)16-4-9-19(28-2)20(14-16)29-3/h4-9,14H,10-13,15H2,1-3H3. The van der Waals surface area contributed by atoms with Crippen molar-refractivity contribution in [3.8, 4) is 17.2 Å². The van der Waals surface area contributed by atoms with Gasteiger partial charge >= 0.3 is 5.97 Å². The first-order valence-electron chi connectivity index (χ1n) is 9.61. The minimum absolute atomic E-state index is 0.210. The molecule has 3 rings (SSSR count). The molecular weight excluding hydrogens is 388 g/mol. The first-order chi connectivity index (χ1) is 14.5. The van der Waals surface area contributed by atoms with E-state index in [1.54, 1.807) is 24.1 Å². The van der Waals surface area contributed by atoms with Crippen molar-refractivity contribution >= 4 is 17.6 Å². The second kappa shape index (κ2) is 9.87. The summed E-state index contributed by atoms with van der Waals surface area (Å²) in [7, 11) is 4.64. The van der Waals surface area contributed by atoms with Crippen LogP contribution in [0.4, 0.5) is 5.69 Å². The summed E-state index contributed by atoms with van der Waals surface area (Å²) in [5.74, 6) is 0.955. The van der Waals surface area contributed by atoms with Crippen LogP contribution < -0.4 is 19.1 Å². The molecule has 0 bridgehead atoms. The lowest BCUT2D eigenvalue weighted by atomic mass is 10.2. The van der Waals surface area contributed by atoms with Gasteiger partial charge < -0.3 is 28.7 Å². The molecule has 0 atom stereocenters. The zero-order valence-corrected chi connectivity index (χ0v) is 17.4. The molecule has 0 N–H and O–H groups in total. The number of carbonyl (C=O) groups excluding carboxylic acids is 2. The number of rotatable bonds is 7. The summed E-state index contributed by atoms with van der Waals surface area (Å²) in [5, 5.41) is 0. The lowest BCUT2D eigenvalue weighted by Crippen LogP contribution is -2.49. The smallest absolute Gasteiger partial charge is 0.338 e. The molecule has 0 radical (unpaired) electrons. The van der Waals surface area contributed by atoms with Crippen molar-refractivity contribution in [3.05, 3.63) is 48.0 Å². The molecule has 0 saturated carbocycles. The topological polar surface area (TPSA) is 77.5 Å². The van der Waals surface area contributed by atoms with Crippen molar-refractivity contribution in [1.29, 1.82) is 0 Å². The van der Waals surface area contributed by atoms with Crippen LogP contribution in [-0.4, -0.2) is 70.9 Å². The molecule has 0 aromatic heterocycles. The summed E-state index contributed by atoms with van der Waals surface area (Å²) < 4.78 is 20.7. The van der Waals surface area contributed by atoms with E-state index in [0.29, 0.717) is 43.2 Å². The van der Waals surface area contributed by atoms with Gasteiger partial charge in [-0.05, 0) is 42.5 Å². The predicted octanol–water partition coefficient (Wildman–Crippen LogP) is 2.22.